The number of ether oxygens (including phenoxy) is 3. The molecule has 0 fully saturated rings. The van der Waals surface area contributed by atoms with Crippen molar-refractivity contribution in [1.29, 1.82) is 0 Å². The van der Waals surface area contributed by atoms with E-state index in [1.54, 1.807) is 32.2 Å². The van der Waals surface area contributed by atoms with Gasteiger partial charge in [-0.2, -0.15) is 0 Å². The maximum Gasteiger partial charge on any atom is 0.344 e. The molecule has 3 aromatic carbocycles. The number of esters is 1. The monoisotopic (exact) mass is 404 g/mol. The van der Waals surface area contributed by atoms with Crippen molar-refractivity contribution in [2.24, 2.45) is 0 Å². The van der Waals surface area contributed by atoms with Crippen molar-refractivity contribution >= 4 is 27.7 Å². The van der Waals surface area contributed by atoms with Crippen LogP contribution in [0.3, 0.4) is 0 Å². The van der Waals surface area contributed by atoms with Crippen LogP contribution in [0, 0.1) is 6.92 Å². The molecule has 0 saturated carbocycles. The summed E-state index contributed by atoms with van der Waals surface area (Å²) in [6.45, 7) is 1.73. The van der Waals surface area contributed by atoms with Crippen LogP contribution in [-0.4, -0.2) is 19.7 Å². The lowest BCUT2D eigenvalue weighted by Gasteiger charge is -2.12. The van der Waals surface area contributed by atoms with Crippen LogP contribution in [0.2, 0.25) is 0 Å². The fourth-order valence-electron chi connectivity index (χ4n) is 3.29. The molecule has 4 rings (SSSR count). The molecule has 30 heavy (non-hydrogen) atoms. The van der Waals surface area contributed by atoms with E-state index in [-0.39, 0.29) is 13.2 Å². The summed E-state index contributed by atoms with van der Waals surface area (Å²) in [5.41, 5.74) is 1.50. The number of rotatable bonds is 6. The zero-order valence-electron chi connectivity index (χ0n) is 16.6. The van der Waals surface area contributed by atoms with Gasteiger partial charge in [-0.3, -0.25) is 0 Å². The molecule has 0 unspecified atom stereocenters. The van der Waals surface area contributed by atoms with Gasteiger partial charge in [-0.1, -0.05) is 30.3 Å². The third-order valence-electron chi connectivity index (χ3n) is 4.88. The zero-order chi connectivity index (χ0) is 21.1. The Morgan fingerprint density at radius 2 is 1.73 bits per heavy atom. The molecule has 0 spiro atoms. The first kappa shape index (κ1) is 19.5. The number of fused-ring (bicyclic) bond motifs is 3. The molecule has 6 nitrogen and oxygen atoms in total. The molecular weight excluding hydrogens is 384 g/mol. The van der Waals surface area contributed by atoms with E-state index < -0.39 is 11.6 Å². The lowest BCUT2D eigenvalue weighted by atomic mass is 10.0. The van der Waals surface area contributed by atoms with E-state index in [9.17, 15) is 9.59 Å². The van der Waals surface area contributed by atoms with Gasteiger partial charge in [-0.05, 0) is 42.8 Å². The Hall–Kier alpha value is -3.80. The highest BCUT2D eigenvalue weighted by atomic mass is 16.6. The van der Waals surface area contributed by atoms with E-state index in [0.717, 1.165) is 16.3 Å². The van der Waals surface area contributed by atoms with Gasteiger partial charge in [0.2, 0.25) is 0 Å². The SMILES string of the molecule is COc1ccc2c(c1)c(=O)oc1c(C)c(OCC(=O)OCc3ccccc3)ccc12. The van der Waals surface area contributed by atoms with Crippen molar-refractivity contribution in [3.05, 3.63) is 82.2 Å². The minimum atomic E-state index is -0.481. The van der Waals surface area contributed by atoms with E-state index >= 15 is 0 Å². The number of methoxy groups -OCH3 is 1. The maximum absolute atomic E-state index is 12.5. The fourth-order valence-corrected chi connectivity index (χ4v) is 3.29. The molecule has 0 aliphatic heterocycles. The third kappa shape index (κ3) is 3.85. The molecule has 1 heterocycles. The molecule has 6 heteroatoms. The van der Waals surface area contributed by atoms with Gasteiger partial charge in [0.05, 0.1) is 12.5 Å². The largest absolute Gasteiger partial charge is 0.497 e. The smallest absolute Gasteiger partial charge is 0.344 e. The number of hydrogen-bond acceptors (Lipinski definition) is 6. The van der Waals surface area contributed by atoms with Gasteiger partial charge in [-0.25, -0.2) is 9.59 Å². The third-order valence-corrected chi connectivity index (χ3v) is 4.88. The van der Waals surface area contributed by atoms with Crippen molar-refractivity contribution < 1.29 is 23.4 Å². The van der Waals surface area contributed by atoms with Crippen LogP contribution in [0.25, 0.3) is 21.7 Å². The summed E-state index contributed by atoms with van der Waals surface area (Å²) in [6.07, 6.45) is 0. The number of benzene rings is 3. The summed E-state index contributed by atoms with van der Waals surface area (Å²) in [5, 5.41) is 1.99. The van der Waals surface area contributed by atoms with Gasteiger partial charge >= 0.3 is 11.6 Å². The van der Waals surface area contributed by atoms with Gasteiger partial charge in [0.15, 0.2) is 6.61 Å². The standard InChI is InChI=1S/C24H20O6/c1-15-21(28-14-22(25)29-13-16-6-4-3-5-7-16)11-10-19-18-9-8-17(27-2)12-20(18)24(26)30-23(15)19/h3-12H,13-14H2,1-2H3. The average molecular weight is 404 g/mol. The average Bonchev–Trinajstić information content (AvgIpc) is 2.78. The minimum absolute atomic E-state index is 0.185. The van der Waals surface area contributed by atoms with Crippen LogP contribution in [0.5, 0.6) is 11.5 Å². The normalized spacial score (nSPS) is 10.9. The highest BCUT2D eigenvalue weighted by molar-refractivity contribution is 6.06. The number of carbonyl (C=O) groups excluding carboxylic acids is 1. The summed E-state index contributed by atoms with van der Waals surface area (Å²) in [6, 6.07) is 18.3. The second kappa shape index (κ2) is 8.29. The fraction of sp³-hybridized carbons (Fsp3) is 0.167. The summed E-state index contributed by atoms with van der Waals surface area (Å²) in [4.78, 5) is 24.5. The lowest BCUT2D eigenvalue weighted by molar-refractivity contribution is -0.147. The van der Waals surface area contributed by atoms with Crippen LogP contribution in [-0.2, 0) is 16.1 Å². The van der Waals surface area contributed by atoms with Crippen LogP contribution in [0.15, 0.2) is 69.9 Å². The summed E-state index contributed by atoms with van der Waals surface area (Å²) in [5.74, 6) is 0.556. The van der Waals surface area contributed by atoms with Crippen molar-refractivity contribution in [1.82, 2.24) is 0 Å². The molecule has 4 aromatic rings. The molecule has 0 aliphatic carbocycles. The molecule has 0 radical (unpaired) electrons. The van der Waals surface area contributed by atoms with Gasteiger partial charge in [0.1, 0.15) is 23.7 Å². The maximum atomic E-state index is 12.5. The van der Waals surface area contributed by atoms with Crippen molar-refractivity contribution in [2.45, 2.75) is 13.5 Å². The lowest BCUT2D eigenvalue weighted by Crippen LogP contribution is -2.15. The Labute approximate surface area is 172 Å². The Kier molecular flexibility index (Phi) is 5.39. The molecule has 0 aliphatic rings. The quantitative estimate of drug-likeness (QED) is 0.270. The molecule has 0 atom stereocenters. The first-order valence-electron chi connectivity index (χ1n) is 9.43. The van der Waals surface area contributed by atoms with Crippen LogP contribution in [0.4, 0.5) is 0 Å². The molecule has 1 aromatic heterocycles. The molecule has 0 amide bonds. The Bertz CT molecular complexity index is 1270. The van der Waals surface area contributed by atoms with Crippen LogP contribution >= 0.6 is 0 Å². The molecular formula is C24H20O6. The second-order valence-corrected chi connectivity index (χ2v) is 6.80. The molecule has 0 N–H and O–H groups in total. The van der Waals surface area contributed by atoms with E-state index in [1.165, 1.54) is 0 Å². The van der Waals surface area contributed by atoms with E-state index in [1.807, 2.05) is 42.5 Å². The predicted molar refractivity (Wildman–Crippen MR) is 113 cm³/mol. The van der Waals surface area contributed by atoms with Crippen molar-refractivity contribution in [3.8, 4) is 11.5 Å². The first-order valence-corrected chi connectivity index (χ1v) is 9.43. The van der Waals surface area contributed by atoms with Crippen LogP contribution < -0.4 is 15.1 Å². The van der Waals surface area contributed by atoms with Gasteiger partial charge in [0, 0.05) is 16.3 Å². The van der Waals surface area contributed by atoms with Crippen LogP contribution in [0.1, 0.15) is 11.1 Å². The highest BCUT2D eigenvalue weighted by Gasteiger charge is 2.14. The van der Waals surface area contributed by atoms with Crippen molar-refractivity contribution in [2.75, 3.05) is 13.7 Å². The predicted octanol–water partition coefficient (Wildman–Crippen LogP) is 4.39. The molecule has 0 saturated heterocycles. The summed E-state index contributed by atoms with van der Waals surface area (Å²) >= 11 is 0. The number of carbonyl (C=O) groups is 1. The van der Waals surface area contributed by atoms with E-state index in [4.69, 9.17) is 18.6 Å². The first-order chi connectivity index (χ1) is 14.6. The van der Waals surface area contributed by atoms with E-state index in [0.29, 0.717) is 28.0 Å². The Balaban J connectivity index is 1.55. The van der Waals surface area contributed by atoms with E-state index in [2.05, 4.69) is 0 Å². The molecule has 0 bridgehead atoms. The summed E-state index contributed by atoms with van der Waals surface area (Å²) < 4.78 is 21.6. The van der Waals surface area contributed by atoms with Crippen molar-refractivity contribution in [3.63, 3.8) is 0 Å². The molecule has 152 valence electrons. The minimum Gasteiger partial charge on any atom is -0.497 e. The highest BCUT2D eigenvalue weighted by Crippen LogP contribution is 2.32. The second-order valence-electron chi connectivity index (χ2n) is 6.80. The Morgan fingerprint density at radius 3 is 2.50 bits per heavy atom. The van der Waals surface area contributed by atoms with Gasteiger partial charge < -0.3 is 18.6 Å². The Morgan fingerprint density at radius 1 is 0.967 bits per heavy atom. The number of hydrogen-bond donors (Lipinski definition) is 0. The van der Waals surface area contributed by atoms with Gasteiger partial charge in [0.25, 0.3) is 0 Å². The topological polar surface area (TPSA) is 75.0 Å². The number of aryl methyl sites for hydroxylation is 1. The summed E-state index contributed by atoms with van der Waals surface area (Å²) in [7, 11) is 1.54. The zero-order valence-corrected chi connectivity index (χ0v) is 16.6. The van der Waals surface area contributed by atoms with Gasteiger partial charge in [-0.15, -0.1) is 0 Å².